The molecule has 0 radical (unpaired) electrons. The van der Waals surface area contributed by atoms with Gasteiger partial charge in [-0.05, 0) is 35.6 Å². The number of carbonyl (C=O) groups excluding carboxylic acids is 1. The van der Waals surface area contributed by atoms with Crippen LogP contribution in [0.4, 0.5) is 0 Å². The number of amides is 1. The third-order valence-electron chi connectivity index (χ3n) is 6.09. The van der Waals surface area contributed by atoms with Gasteiger partial charge in [-0.25, -0.2) is 0 Å². The van der Waals surface area contributed by atoms with Gasteiger partial charge in [0.2, 0.25) is 5.91 Å². The average molecular weight is 437 g/mol. The molecule has 0 unspecified atom stereocenters. The summed E-state index contributed by atoms with van der Waals surface area (Å²) in [5.74, 6) is 1.48. The summed E-state index contributed by atoms with van der Waals surface area (Å²) in [5.41, 5.74) is 1.27. The molecule has 2 aromatic carbocycles. The number of thioether (sulfide) groups is 1. The molecule has 4 rings (SSSR count). The van der Waals surface area contributed by atoms with Crippen LogP contribution in [0.1, 0.15) is 69.3 Å². The predicted molar refractivity (Wildman–Crippen MR) is 128 cm³/mol. The Labute approximate surface area is 189 Å². The smallest absolute Gasteiger partial charge is 0.230 e. The molecule has 31 heavy (non-hydrogen) atoms. The van der Waals surface area contributed by atoms with Gasteiger partial charge in [0.05, 0.1) is 5.75 Å². The Kier molecular flexibility index (Phi) is 7.62. The van der Waals surface area contributed by atoms with Crippen LogP contribution in [0, 0.1) is 0 Å². The first-order chi connectivity index (χ1) is 15.3. The van der Waals surface area contributed by atoms with E-state index in [0.717, 1.165) is 49.6 Å². The van der Waals surface area contributed by atoms with Crippen LogP contribution in [-0.2, 0) is 11.2 Å². The number of carbonyl (C=O) groups is 1. The van der Waals surface area contributed by atoms with Crippen molar-refractivity contribution >= 4 is 28.4 Å². The first-order valence-electron chi connectivity index (χ1n) is 11.6. The summed E-state index contributed by atoms with van der Waals surface area (Å²) in [6, 6.07) is 15.4. The molecule has 1 aliphatic carbocycles. The van der Waals surface area contributed by atoms with Gasteiger partial charge in [-0.15, -0.1) is 10.2 Å². The minimum Gasteiger partial charge on any atom is -0.355 e. The lowest BCUT2D eigenvalue weighted by Crippen LogP contribution is -2.26. The highest BCUT2D eigenvalue weighted by Crippen LogP contribution is 2.33. The lowest BCUT2D eigenvalue weighted by molar-refractivity contribution is -0.118. The van der Waals surface area contributed by atoms with Crippen molar-refractivity contribution in [1.29, 1.82) is 0 Å². The lowest BCUT2D eigenvalue weighted by atomic mass is 9.95. The Morgan fingerprint density at radius 3 is 2.74 bits per heavy atom. The van der Waals surface area contributed by atoms with Gasteiger partial charge in [-0.2, -0.15) is 0 Å². The summed E-state index contributed by atoms with van der Waals surface area (Å²) >= 11 is 1.52. The van der Waals surface area contributed by atoms with Crippen molar-refractivity contribution in [2.75, 3.05) is 12.3 Å². The quantitative estimate of drug-likeness (QED) is 0.354. The molecule has 1 saturated carbocycles. The maximum absolute atomic E-state index is 12.2. The summed E-state index contributed by atoms with van der Waals surface area (Å²) in [7, 11) is 0. The van der Waals surface area contributed by atoms with Gasteiger partial charge in [0.1, 0.15) is 5.82 Å². The van der Waals surface area contributed by atoms with Crippen molar-refractivity contribution < 1.29 is 4.79 Å². The van der Waals surface area contributed by atoms with Crippen molar-refractivity contribution in [3.63, 3.8) is 0 Å². The standard InChI is InChI=1S/C25H32N4OS/c1-2-3-16-26-24(30)18-31-25-28-27-23(29(25)21-13-5-4-6-14-21)17-20-12-9-11-19-10-7-8-15-22(19)20/h7-12,15,21H,2-6,13-14,16-18H2,1H3,(H,26,30). The highest BCUT2D eigenvalue weighted by molar-refractivity contribution is 7.99. The summed E-state index contributed by atoms with van der Waals surface area (Å²) in [5, 5.41) is 15.5. The van der Waals surface area contributed by atoms with Crippen LogP contribution in [0.2, 0.25) is 0 Å². The number of hydrogen-bond acceptors (Lipinski definition) is 4. The van der Waals surface area contributed by atoms with E-state index < -0.39 is 0 Å². The van der Waals surface area contributed by atoms with E-state index in [-0.39, 0.29) is 5.91 Å². The molecule has 1 heterocycles. The Morgan fingerprint density at radius 1 is 1.10 bits per heavy atom. The highest BCUT2D eigenvalue weighted by Gasteiger charge is 2.24. The van der Waals surface area contributed by atoms with Crippen LogP contribution >= 0.6 is 11.8 Å². The van der Waals surface area contributed by atoms with E-state index in [4.69, 9.17) is 0 Å². The van der Waals surface area contributed by atoms with Crippen molar-refractivity contribution in [2.24, 2.45) is 0 Å². The first-order valence-corrected chi connectivity index (χ1v) is 12.5. The molecule has 1 amide bonds. The molecule has 1 aromatic heterocycles. The van der Waals surface area contributed by atoms with Crippen LogP contribution in [0.3, 0.4) is 0 Å². The van der Waals surface area contributed by atoms with Crippen molar-refractivity contribution in [3.05, 3.63) is 53.9 Å². The molecule has 1 fully saturated rings. The summed E-state index contributed by atoms with van der Waals surface area (Å²) in [6.45, 7) is 2.88. The minimum absolute atomic E-state index is 0.0762. The van der Waals surface area contributed by atoms with Gasteiger partial charge in [-0.3, -0.25) is 4.79 Å². The lowest BCUT2D eigenvalue weighted by Gasteiger charge is -2.25. The normalized spacial score (nSPS) is 14.7. The van der Waals surface area contributed by atoms with Gasteiger partial charge in [0.15, 0.2) is 5.16 Å². The molecular formula is C25H32N4OS. The van der Waals surface area contributed by atoms with Crippen LogP contribution in [0.25, 0.3) is 10.8 Å². The topological polar surface area (TPSA) is 59.8 Å². The summed E-state index contributed by atoms with van der Waals surface area (Å²) in [4.78, 5) is 12.2. The molecular weight excluding hydrogens is 404 g/mol. The van der Waals surface area contributed by atoms with E-state index in [1.807, 2.05) is 0 Å². The number of benzene rings is 2. The number of aromatic nitrogens is 3. The fourth-order valence-electron chi connectivity index (χ4n) is 4.44. The van der Waals surface area contributed by atoms with Crippen molar-refractivity contribution in [2.45, 2.75) is 69.5 Å². The molecule has 0 saturated heterocycles. The second kappa shape index (κ2) is 10.8. The second-order valence-corrected chi connectivity index (χ2v) is 9.31. The van der Waals surface area contributed by atoms with Gasteiger partial charge >= 0.3 is 0 Å². The second-order valence-electron chi connectivity index (χ2n) is 8.37. The van der Waals surface area contributed by atoms with Crippen LogP contribution in [-0.4, -0.2) is 33.0 Å². The molecule has 3 aromatic rings. The van der Waals surface area contributed by atoms with Crippen LogP contribution in [0.15, 0.2) is 47.6 Å². The molecule has 0 bridgehead atoms. The Bertz CT molecular complexity index is 1000. The largest absolute Gasteiger partial charge is 0.355 e. The number of unbranched alkanes of at least 4 members (excludes halogenated alkanes) is 1. The van der Waals surface area contributed by atoms with Gasteiger partial charge in [-0.1, -0.05) is 86.8 Å². The first kappa shape index (κ1) is 21.9. The zero-order chi connectivity index (χ0) is 21.5. The zero-order valence-electron chi connectivity index (χ0n) is 18.3. The van der Waals surface area contributed by atoms with Crippen molar-refractivity contribution in [3.8, 4) is 0 Å². The van der Waals surface area contributed by atoms with Crippen LogP contribution in [0.5, 0.6) is 0 Å². The minimum atomic E-state index is 0.0762. The predicted octanol–water partition coefficient (Wildman–Crippen LogP) is 5.54. The third-order valence-corrected chi connectivity index (χ3v) is 7.03. The highest BCUT2D eigenvalue weighted by atomic mass is 32.2. The number of fused-ring (bicyclic) bond motifs is 1. The van der Waals surface area contributed by atoms with E-state index in [1.165, 1.54) is 47.4 Å². The maximum atomic E-state index is 12.2. The molecule has 5 nitrogen and oxygen atoms in total. The molecule has 6 heteroatoms. The number of nitrogens with one attached hydrogen (secondary N) is 1. The number of hydrogen-bond donors (Lipinski definition) is 1. The molecule has 0 atom stereocenters. The van der Waals surface area contributed by atoms with Crippen LogP contribution < -0.4 is 5.32 Å². The summed E-state index contributed by atoms with van der Waals surface area (Å²) < 4.78 is 2.34. The Hall–Kier alpha value is -2.34. The van der Waals surface area contributed by atoms with E-state index in [0.29, 0.717) is 11.8 Å². The monoisotopic (exact) mass is 436 g/mol. The van der Waals surface area contributed by atoms with Gasteiger partial charge in [0.25, 0.3) is 0 Å². The average Bonchev–Trinajstić information content (AvgIpc) is 3.21. The van der Waals surface area contributed by atoms with E-state index in [1.54, 1.807) is 0 Å². The fourth-order valence-corrected chi connectivity index (χ4v) is 5.29. The third kappa shape index (κ3) is 5.48. The zero-order valence-corrected chi connectivity index (χ0v) is 19.2. The van der Waals surface area contributed by atoms with E-state index in [9.17, 15) is 4.79 Å². The van der Waals surface area contributed by atoms with Gasteiger partial charge < -0.3 is 9.88 Å². The Balaban J connectivity index is 1.56. The molecule has 1 N–H and O–H groups in total. The Morgan fingerprint density at radius 2 is 1.90 bits per heavy atom. The molecule has 1 aliphatic rings. The summed E-state index contributed by atoms with van der Waals surface area (Å²) in [6.07, 6.45) is 8.99. The fraction of sp³-hybridized carbons (Fsp3) is 0.480. The number of rotatable bonds is 9. The van der Waals surface area contributed by atoms with E-state index >= 15 is 0 Å². The molecule has 0 spiro atoms. The van der Waals surface area contributed by atoms with Crippen molar-refractivity contribution in [1.82, 2.24) is 20.1 Å². The SMILES string of the molecule is CCCCNC(=O)CSc1nnc(Cc2cccc3ccccc23)n1C1CCCCC1. The molecule has 164 valence electrons. The maximum Gasteiger partial charge on any atom is 0.230 e. The van der Waals surface area contributed by atoms with Gasteiger partial charge in [0, 0.05) is 19.0 Å². The number of nitrogens with zero attached hydrogens (tertiary/aromatic N) is 3. The van der Waals surface area contributed by atoms with E-state index in [2.05, 4.69) is 69.5 Å². The molecule has 0 aliphatic heterocycles.